The fourth-order valence-corrected chi connectivity index (χ4v) is 3.51. The van der Waals surface area contributed by atoms with Gasteiger partial charge < -0.3 is 9.47 Å². The Balaban J connectivity index is 2.10. The van der Waals surface area contributed by atoms with Crippen LogP contribution in [0.1, 0.15) is 29.5 Å². The zero-order valence-corrected chi connectivity index (χ0v) is 16.4. The Hall–Kier alpha value is -2.49. The summed E-state index contributed by atoms with van der Waals surface area (Å²) in [5, 5.41) is 0.918. The lowest BCUT2D eigenvalue weighted by atomic mass is 9.85. The minimum Gasteiger partial charge on any atom is -0.495 e. The molecule has 138 valence electrons. The molecule has 3 aromatic rings. The van der Waals surface area contributed by atoms with E-state index in [0.717, 1.165) is 16.7 Å². The van der Waals surface area contributed by atoms with Crippen LogP contribution in [-0.4, -0.2) is 13.1 Å². The van der Waals surface area contributed by atoms with E-state index in [1.54, 1.807) is 13.2 Å². The number of esters is 1. The van der Waals surface area contributed by atoms with E-state index in [1.165, 1.54) is 6.92 Å². The Bertz CT molecular complexity index is 955. The SMILES string of the molecule is COc1ccc(C(c2ccccc2)c2ccc(OC(C)=O)c(Cl)c2)cc1Cl. The summed E-state index contributed by atoms with van der Waals surface area (Å²) in [6.45, 7) is 1.34. The Morgan fingerprint density at radius 2 is 1.37 bits per heavy atom. The standard InChI is InChI=1S/C22H18Cl2O3/c1-14(25)27-21-11-9-17(13-19(21)24)22(15-6-4-3-5-7-15)16-8-10-20(26-2)18(23)12-16/h3-13,22H,1-2H3. The predicted molar refractivity (Wildman–Crippen MR) is 108 cm³/mol. The predicted octanol–water partition coefficient (Wildman–Crippen LogP) is 6.11. The Labute approximate surface area is 168 Å². The number of halogens is 2. The van der Waals surface area contributed by atoms with Crippen LogP contribution >= 0.6 is 23.2 Å². The second-order valence-electron chi connectivity index (χ2n) is 6.02. The van der Waals surface area contributed by atoms with Crippen molar-refractivity contribution < 1.29 is 14.3 Å². The highest BCUT2D eigenvalue weighted by molar-refractivity contribution is 6.32. The second-order valence-corrected chi connectivity index (χ2v) is 6.84. The van der Waals surface area contributed by atoms with Crippen LogP contribution < -0.4 is 9.47 Å². The van der Waals surface area contributed by atoms with Gasteiger partial charge >= 0.3 is 5.97 Å². The van der Waals surface area contributed by atoms with Gasteiger partial charge in [-0.15, -0.1) is 0 Å². The molecule has 0 fully saturated rings. The first-order chi connectivity index (χ1) is 13.0. The van der Waals surface area contributed by atoms with Crippen LogP contribution in [0, 0.1) is 0 Å². The lowest BCUT2D eigenvalue weighted by Crippen LogP contribution is -2.05. The third-order valence-corrected chi connectivity index (χ3v) is 4.78. The highest BCUT2D eigenvalue weighted by atomic mass is 35.5. The van der Waals surface area contributed by atoms with Gasteiger partial charge in [0, 0.05) is 12.8 Å². The van der Waals surface area contributed by atoms with Crippen molar-refractivity contribution in [3.8, 4) is 11.5 Å². The number of hydrogen-bond donors (Lipinski definition) is 0. The van der Waals surface area contributed by atoms with Gasteiger partial charge in [0.1, 0.15) is 11.5 Å². The average molecular weight is 401 g/mol. The monoisotopic (exact) mass is 400 g/mol. The van der Waals surface area contributed by atoms with E-state index in [0.29, 0.717) is 21.5 Å². The van der Waals surface area contributed by atoms with E-state index in [2.05, 4.69) is 12.1 Å². The van der Waals surface area contributed by atoms with Gasteiger partial charge in [-0.05, 0) is 41.0 Å². The molecule has 0 bridgehead atoms. The van der Waals surface area contributed by atoms with Gasteiger partial charge in [-0.1, -0.05) is 65.7 Å². The molecule has 5 heteroatoms. The van der Waals surface area contributed by atoms with Crippen molar-refractivity contribution in [2.24, 2.45) is 0 Å². The van der Waals surface area contributed by atoms with Crippen molar-refractivity contribution in [1.82, 2.24) is 0 Å². The highest BCUT2D eigenvalue weighted by Gasteiger charge is 2.19. The number of hydrogen-bond acceptors (Lipinski definition) is 3. The maximum atomic E-state index is 11.2. The smallest absolute Gasteiger partial charge is 0.308 e. The van der Waals surface area contributed by atoms with Crippen molar-refractivity contribution in [3.05, 3.63) is 93.5 Å². The van der Waals surface area contributed by atoms with E-state index >= 15 is 0 Å². The van der Waals surface area contributed by atoms with Gasteiger partial charge in [-0.25, -0.2) is 0 Å². The van der Waals surface area contributed by atoms with Gasteiger partial charge in [-0.2, -0.15) is 0 Å². The lowest BCUT2D eigenvalue weighted by Gasteiger charge is -2.20. The summed E-state index contributed by atoms with van der Waals surface area (Å²) >= 11 is 12.7. The maximum Gasteiger partial charge on any atom is 0.308 e. The highest BCUT2D eigenvalue weighted by Crippen LogP contribution is 2.38. The summed E-state index contributed by atoms with van der Waals surface area (Å²) in [5.74, 6) is 0.465. The fraction of sp³-hybridized carbons (Fsp3) is 0.136. The van der Waals surface area contributed by atoms with Crippen molar-refractivity contribution in [3.63, 3.8) is 0 Å². The molecule has 3 aromatic carbocycles. The molecule has 0 aliphatic carbocycles. The zero-order chi connectivity index (χ0) is 19.4. The molecule has 0 amide bonds. The van der Waals surface area contributed by atoms with E-state index in [9.17, 15) is 4.79 Å². The van der Waals surface area contributed by atoms with Gasteiger partial charge in [0.05, 0.1) is 17.2 Å². The van der Waals surface area contributed by atoms with Gasteiger partial charge in [0.25, 0.3) is 0 Å². The van der Waals surface area contributed by atoms with Crippen LogP contribution in [0.25, 0.3) is 0 Å². The summed E-state index contributed by atoms with van der Waals surface area (Å²) in [7, 11) is 1.59. The average Bonchev–Trinajstić information content (AvgIpc) is 2.65. The third kappa shape index (κ3) is 4.44. The third-order valence-electron chi connectivity index (χ3n) is 4.19. The molecule has 3 rings (SSSR count). The molecule has 0 saturated heterocycles. The Kier molecular flexibility index (Phi) is 6.04. The van der Waals surface area contributed by atoms with Crippen LogP contribution in [0.5, 0.6) is 11.5 Å². The number of carbonyl (C=O) groups excluding carboxylic acids is 1. The normalized spacial score (nSPS) is 11.7. The maximum absolute atomic E-state index is 11.2. The molecule has 0 aliphatic heterocycles. The van der Waals surface area contributed by atoms with Crippen LogP contribution in [-0.2, 0) is 4.79 Å². The summed E-state index contributed by atoms with van der Waals surface area (Å²) in [6, 6.07) is 21.2. The molecule has 0 spiro atoms. The minimum absolute atomic E-state index is 0.0847. The first kappa shape index (κ1) is 19.3. The second kappa shape index (κ2) is 8.47. The van der Waals surface area contributed by atoms with Crippen LogP contribution in [0.15, 0.2) is 66.7 Å². The van der Waals surface area contributed by atoms with Gasteiger partial charge in [-0.3, -0.25) is 4.79 Å². The number of ether oxygens (including phenoxy) is 2. The lowest BCUT2D eigenvalue weighted by molar-refractivity contribution is -0.131. The van der Waals surface area contributed by atoms with Crippen LogP contribution in [0.2, 0.25) is 10.0 Å². The topological polar surface area (TPSA) is 35.5 Å². The van der Waals surface area contributed by atoms with E-state index in [-0.39, 0.29) is 5.92 Å². The molecule has 1 unspecified atom stereocenters. The molecule has 0 aromatic heterocycles. The van der Waals surface area contributed by atoms with Gasteiger partial charge in [0.15, 0.2) is 0 Å². The number of methoxy groups -OCH3 is 1. The molecule has 1 atom stereocenters. The quantitative estimate of drug-likeness (QED) is 0.294. The molecule has 0 heterocycles. The molecular weight excluding hydrogens is 383 g/mol. The van der Waals surface area contributed by atoms with E-state index in [1.807, 2.05) is 48.5 Å². The van der Waals surface area contributed by atoms with Crippen LogP contribution in [0.3, 0.4) is 0 Å². The van der Waals surface area contributed by atoms with Crippen LogP contribution in [0.4, 0.5) is 0 Å². The van der Waals surface area contributed by atoms with Crippen molar-refractivity contribution in [1.29, 1.82) is 0 Å². The summed E-state index contributed by atoms with van der Waals surface area (Å²) < 4.78 is 10.4. The summed E-state index contributed by atoms with van der Waals surface area (Å²) in [6.07, 6.45) is 0. The summed E-state index contributed by atoms with van der Waals surface area (Å²) in [4.78, 5) is 11.2. The molecule has 27 heavy (non-hydrogen) atoms. The number of carbonyl (C=O) groups is 1. The minimum atomic E-state index is -0.411. The van der Waals surface area contributed by atoms with E-state index in [4.69, 9.17) is 32.7 Å². The zero-order valence-electron chi connectivity index (χ0n) is 14.9. The molecule has 0 aliphatic rings. The van der Waals surface area contributed by atoms with Gasteiger partial charge in [0.2, 0.25) is 0 Å². The molecule has 0 radical (unpaired) electrons. The molecule has 0 saturated carbocycles. The first-order valence-corrected chi connectivity index (χ1v) is 9.11. The van der Waals surface area contributed by atoms with Crippen molar-refractivity contribution in [2.45, 2.75) is 12.8 Å². The summed E-state index contributed by atoms with van der Waals surface area (Å²) in [5.41, 5.74) is 3.06. The van der Waals surface area contributed by atoms with Crippen molar-refractivity contribution >= 4 is 29.2 Å². The van der Waals surface area contributed by atoms with Crippen molar-refractivity contribution in [2.75, 3.05) is 7.11 Å². The number of rotatable bonds is 5. The largest absolute Gasteiger partial charge is 0.495 e. The van der Waals surface area contributed by atoms with E-state index < -0.39 is 5.97 Å². The Morgan fingerprint density at radius 1 is 0.815 bits per heavy atom. The molecule has 0 N–H and O–H groups in total. The number of benzene rings is 3. The Morgan fingerprint density at radius 3 is 1.85 bits per heavy atom. The first-order valence-electron chi connectivity index (χ1n) is 8.36. The fourth-order valence-electron chi connectivity index (χ4n) is 3.02. The molecular formula is C22H18Cl2O3. The molecule has 3 nitrogen and oxygen atoms in total.